The van der Waals surface area contributed by atoms with Gasteiger partial charge in [0.1, 0.15) is 17.8 Å². The first kappa shape index (κ1) is 22.7. The number of aliphatic hydroxyl groups excluding tert-OH is 2. The summed E-state index contributed by atoms with van der Waals surface area (Å²) in [6, 6.07) is 12.4. The largest absolute Gasteiger partial charge is 0.508 e. The van der Waals surface area contributed by atoms with E-state index in [-0.39, 0.29) is 17.9 Å². The van der Waals surface area contributed by atoms with Crippen molar-refractivity contribution in [2.24, 2.45) is 0 Å². The van der Waals surface area contributed by atoms with Crippen molar-refractivity contribution in [2.75, 3.05) is 13.7 Å². The third-order valence-corrected chi connectivity index (χ3v) is 5.28. The molecule has 31 heavy (non-hydrogen) atoms. The van der Waals surface area contributed by atoms with Gasteiger partial charge >= 0.3 is 0 Å². The fraction of sp³-hybridized carbons (Fsp3) is 0.391. The summed E-state index contributed by atoms with van der Waals surface area (Å²) in [6.07, 6.45) is 1.75. The van der Waals surface area contributed by atoms with Crippen LogP contribution in [-0.4, -0.2) is 49.3 Å². The van der Waals surface area contributed by atoms with E-state index in [9.17, 15) is 15.3 Å². The number of nitrogens with zero attached hydrogens (tertiary/aromatic N) is 3. The fourth-order valence-electron chi connectivity index (χ4n) is 3.19. The predicted molar refractivity (Wildman–Crippen MR) is 118 cm³/mol. The van der Waals surface area contributed by atoms with E-state index in [0.717, 1.165) is 17.7 Å². The van der Waals surface area contributed by atoms with Crippen LogP contribution in [0.15, 0.2) is 48.8 Å². The lowest BCUT2D eigenvalue weighted by Gasteiger charge is -2.28. The molecule has 0 amide bonds. The van der Waals surface area contributed by atoms with Crippen molar-refractivity contribution in [3.63, 3.8) is 0 Å². The summed E-state index contributed by atoms with van der Waals surface area (Å²) in [5.74, 6) is 1.47. The number of aromatic hydroxyl groups is 1. The summed E-state index contributed by atoms with van der Waals surface area (Å²) in [6.45, 7) is 4.87. The minimum atomic E-state index is -0.752. The van der Waals surface area contributed by atoms with Crippen LogP contribution in [0.25, 0.3) is 11.4 Å². The average Bonchev–Trinajstić information content (AvgIpc) is 3.26. The van der Waals surface area contributed by atoms with Gasteiger partial charge in [-0.25, -0.2) is 4.98 Å². The topological polar surface area (TPSA) is 113 Å². The quantitative estimate of drug-likeness (QED) is 0.394. The molecule has 1 aromatic heterocycles. The average molecular weight is 427 g/mol. The fourth-order valence-corrected chi connectivity index (χ4v) is 3.19. The first-order chi connectivity index (χ1) is 14.8. The van der Waals surface area contributed by atoms with Gasteiger partial charge in [0.15, 0.2) is 5.82 Å². The highest BCUT2D eigenvalue weighted by Gasteiger charge is 2.20. The van der Waals surface area contributed by atoms with Gasteiger partial charge in [-0.3, -0.25) is 4.68 Å². The second kappa shape index (κ2) is 9.91. The van der Waals surface area contributed by atoms with Gasteiger partial charge in [-0.1, -0.05) is 6.07 Å². The zero-order valence-corrected chi connectivity index (χ0v) is 18.1. The molecule has 2 aromatic carbocycles. The third-order valence-electron chi connectivity index (χ3n) is 5.28. The number of hydrogen-bond acceptors (Lipinski definition) is 7. The molecule has 3 rings (SSSR count). The van der Waals surface area contributed by atoms with Crippen molar-refractivity contribution in [2.45, 2.75) is 45.1 Å². The SMILES string of the molecule is COc1ccc(-c2ncn(CCC(C)(C)NCC(O)c3ccc(O)c(CO)c3)n2)cc1. The number of β-amino-alcohol motifs (C(OH)–C–C–N with tert-alkyl or cyclic N) is 1. The van der Waals surface area contributed by atoms with Crippen LogP contribution in [0.2, 0.25) is 0 Å². The number of methoxy groups -OCH3 is 1. The number of phenols is 1. The molecule has 0 radical (unpaired) electrons. The summed E-state index contributed by atoms with van der Waals surface area (Å²) in [5, 5.41) is 37.4. The van der Waals surface area contributed by atoms with Gasteiger partial charge in [0.25, 0.3) is 0 Å². The van der Waals surface area contributed by atoms with E-state index in [1.807, 2.05) is 28.9 Å². The van der Waals surface area contributed by atoms with Crippen molar-refractivity contribution in [3.8, 4) is 22.9 Å². The maximum absolute atomic E-state index is 10.5. The highest BCUT2D eigenvalue weighted by atomic mass is 16.5. The Bertz CT molecular complexity index is 985. The van der Waals surface area contributed by atoms with Gasteiger partial charge in [0, 0.05) is 29.8 Å². The summed E-state index contributed by atoms with van der Waals surface area (Å²) in [4.78, 5) is 4.39. The lowest BCUT2D eigenvalue weighted by Crippen LogP contribution is -2.42. The molecule has 0 saturated carbocycles. The number of ether oxygens (including phenoxy) is 1. The maximum Gasteiger partial charge on any atom is 0.181 e. The molecule has 0 fully saturated rings. The summed E-state index contributed by atoms with van der Waals surface area (Å²) < 4.78 is 6.99. The maximum atomic E-state index is 10.5. The van der Waals surface area contributed by atoms with Gasteiger partial charge in [0.05, 0.1) is 19.8 Å². The highest BCUT2D eigenvalue weighted by Crippen LogP contribution is 2.23. The number of rotatable bonds is 10. The molecule has 1 heterocycles. The van der Waals surface area contributed by atoms with Crippen LogP contribution in [0, 0.1) is 0 Å². The first-order valence-electron chi connectivity index (χ1n) is 10.2. The molecule has 0 bridgehead atoms. The summed E-state index contributed by atoms with van der Waals surface area (Å²) >= 11 is 0. The van der Waals surface area contributed by atoms with Crippen LogP contribution in [-0.2, 0) is 13.2 Å². The number of aliphatic hydroxyl groups is 2. The normalized spacial score (nSPS) is 12.7. The van der Waals surface area contributed by atoms with Crippen molar-refractivity contribution in [3.05, 3.63) is 59.9 Å². The molecule has 1 atom stereocenters. The summed E-state index contributed by atoms with van der Waals surface area (Å²) in [5.41, 5.74) is 1.72. The molecule has 8 nitrogen and oxygen atoms in total. The van der Waals surface area contributed by atoms with Crippen LogP contribution >= 0.6 is 0 Å². The van der Waals surface area contributed by atoms with Gasteiger partial charge in [-0.05, 0) is 62.2 Å². The Hall–Kier alpha value is -2.94. The van der Waals surface area contributed by atoms with Gasteiger partial charge < -0.3 is 25.4 Å². The minimum Gasteiger partial charge on any atom is -0.508 e. The lowest BCUT2D eigenvalue weighted by molar-refractivity contribution is 0.157. The monoisotopic (exact) mass is 426 g/mol. The van der Waals surface area contributed by atoms with E-state index >= 15 is 0 Å². The van der Waals surface area contributed by atoms with Crippen LogP contribution in [0.4, 0.5) is 0 Å². The Kier molecular flexibility index (Phi) is 7.27. The lowest BCUT2D eigenvalue weighted by atomic mass is 9.99. The minimum absolute atomic E-state index is 0.0218. The van der Waals surface area contributed by atoms with Gasteiger partial charge in [-0.2, -0.15) is 5.10 Å². The molecule has 0 aliphatic heterocycles. The summed E-state index contributed by atoms with van der Waals surface area (Å²) in [7, 11) is 1.63. The third kappa shape index (κ3) is 6.04. The number of hydrogen-bond donors (Lipinski definition) is 4. The molecular formula is C23H30N4O4. The van der Waals surface area contributed by atoms with Crippen LogP contribution < -0.4 is 10.1 Å². The van der Waals surface area contributed by atoms with Crippen molar-refractivity contribution in [1.29, 1.82) is 0 Å². The van der Waals surface area contributed by atoms with Crippen LogP contribution in [0.1, 0.15) is 37.5 Å². The molecule has 0 saturated heterocycles. The Labute approximate surface area is 182 Å². The van der Waals surface area contributed by atoms with Gasteiger partial charge in [-0.15, -0.1) is 0 Å². The Morgan fingerprint density at radius 1 is 1.16 bits per heavy atom. The zero-order chi connectivity index (χ0) is 22.4. The Morgan fingerprint density at radius 2 is 1.90 bits per heavy atom. The molecule has 166 valence electrons. The van der Waals surface area contributed by atoms with E-state index in [1.54, 1.807) is 25.6 Å². The van der Waals surface area contributed by atoms with E-state index in [0.29, 0.717) is 30.0 Å². The molecule has 1 unspecified atom stereocenters. The molecule has 3 aromatic rings. The standard InChI is InChI=1S/C23H30N4O4/c1-23(2,25-13-21(30)17-6-9-20(29)18(12-17)14-28)10-11-27-15-24-22(26-27)16-4-7-19(31-3)8-5-16/h4-9,12,15,21,25,28-30H,10-11,13-14H2,1-3H3. The molecule has 0 spiro atoms. The second-order valence-corrected chi connectivity index (χ2v) is 8.14. The number of benzene rings is 2. The molecule has 4 N–H and O–H groups in total. The molecular weight excluding hydrogens is 396 g/mol. The molecule has 0 aliphatic rings. The first-order valence-corrected chi connectivity index (χ1v) is 10.2. The zero-order valence-electron chi connectivity index (χ0n) is 18.1. The number of aromatic nitrogens is 3. The van der Waals surface area contributed by atoms with E-state index in [2.05, 4.69) is 29.2 Å². The van der Waals surface area contributed by atoms with Crippen LogP contribution in [0.3, 0.4) is 0 Å². The molecule has 8 heteroatoms. The van der Waals surface area contributed by atoms with Crippen molar-refractivity contribution >= 4 is 0 Å². The van der Waals surface area contributed by atoms with E-state index in [4.69, 9.17) is 4.74 Å². The van der Waals surface area contributed by atoms with Crippen LogP contribution in [0.5, 0.6) is 11.5 Å². The molecule has 0 aliphatic carbocycles. The Balaban J connectivity index is 1.53. The second-order valence-electron chi connectivity index (χ2n) is 8.14. The van der Waals surface area contributed by atoms with Crippen molar-refractivity contribution < 1.29 is 20.1 Å². The smallest absolute Gasteiger partial charge is 0.181 e. The predicted octanol–water partition coefficient (Wildman–Crippen LogP) is 2.64. The number of aryl methyl sites for hydroxylation is 1. The Morgan fingerprint density at radius 3 is 2.58 bits per heavy atom. The van der Waals surface area contributed by atoms with E-state index in [1.165, 1.54) is 6.07 Å². The highest BCUT2D eigenvalue weighted by molar-refractivity contribution is 5.55. The van der Waals surface area contributed by atoms with Gasteiger partial charge in [0.2, 0.25) is 0 Å². The van der Waals surface area contributed by atoms with E-state index < -0.39 is 6.10 Å². The van der Waals surface area contributed by atoms with Crippen molar-refractivity contribution in [1.82, 2.24) is 20.1 Å². The number of nitrogens with one attached hydrogen (secondary N) is 1.